The van der Waals surface area contributed by atoms with E-state index >= 15 is 0 Å². The molecule has 0 bridgehead atoms. The Bertz CT molecular complexity index is 1730. The van der Waals surface area contributed by atoms with Crippen molar-refractivity contribution < 1.29 is 49.1 Å². The lowest BCUT2D eigenvalue weighted by Gasteiger charge is -2.16. The summed E-state index contributed by atoms with van der Waals surface area (Å²) in [5.41, 5.74) is 5.20. The molecule has 0 aliphatic carbocycles. The maximum atomic E-state index is 9.10. The summed E-state index contributed by atoms with van der Waals surface area (Å²) in [5.74, 6) is -5.33. The summed E-state index contributed by atoms with van der Waals surface area (Å²) in [4.78, 5) is 42.7. The van der Waals surface area contributed by atoms with Crippen LogP contribution in [0.2, 0.25) is 0 Å². The number of likely N-dealkylation sites (tertiary alicyclic amines) is 2. The maximum Gasteiger partial charge on any atom is 0.414 e. The van der Waals surface area contributed by atoms with E-state index in [0.29, 0.717) is 0 Å². The number of aryl methyl sites for hydroxylation is 1. The number of carbonyl (C=O) groups is 4. The highest BCUT2D eigenvalue weighted by Crippen LogP contribution is 2.40. The molecular formula is C38H44N2O10S. The number of ether oxygens (including phenoxy) is 2. The fourth-order valence-electron chi connectivity index (χ4n) is 5.99. The first-order chi connectivity index (χ1) is 24.5. The molecule has 4 N–H and O–H groups in total. The molecule has 2 saturated heterocycles. The molecule has 4 aromatic rings. The number of carboxylic acids is 4. The van der Waals surface area contributed by atoms with Crippen LogP contribution in [-0.4, -0.2) is 107 Å². The van der Waals surface area contributed by atoms with Gasteiger partial charge in [0.15, 0.2) is 0 Å². The van der Waals surface area contributed by atoms with Gasteiger partial charge in [0.2, 0.25) is 0 Å². The van der Waals surface area contributed by atoms with Crippen LogP contribution < -0.4 is 9.47 Å². The summed E-state index contributed by atoms with van der Waals surface area (Å²) < 4.78 is 13.6. The topological polar surface area (TPSA) is 174 Å². The zero-order valence-electron chi connectivity index (χ0n) is 28.6. The van der Waals surface area contributed by atoms with Gasteiger partial charge >= 0.3 is 23.9 Å². The number of hydrogen-bond acceptors (Lipinski definition) is 9. The first-order valence-electron chi connectivity index (χ1n) is 16.8. The molecule has 0 amide bonds. The van der Waals surface area contributed by atoms with Gasteiger partial charge in [-0.1, -0.05) is 30.3 Å². The van der Waals surface area contributed by atoms with Crippen LogP contribution in [0.15, 0.2) is 66.7 Å². The largest absolute Gasteiger partial charge is 0.492 e. The molecule has 0 unspecified atom stereocenters. The Balaban J connectivity index is 0.000000420. The molecule has 1 aromatic heterocycles. The van der Waals surface area contributed by atoms with Crippen LogP contribution in [0.4, 0.5) is 0 Å². The molecule has 3 aromatic carbocycles. The van der Waals surface area contributed by atoms with E-state index in [9.17, 15) is 0 Å². The zero-order chi connectivity index (χ0) is 36.8. The van der Waals surface area contributed by atoms with Crippen molar-refractivity contribution in [1.29, 1.82) is 0 Å². The molecule has 6 rings (SSSR count). The van der Waals surface area contributed by atoms with Crippen LogP contribution >= 0.6 is 11.3 Å². The van der Waals surface area contributed by atoms with E-state index in [1.165, 1.54) is 89.1 Å². The number of benzene rings is 3. The van der Waals surface area contributed by atoms with E-state index in [2.05, 4.69) is 83.5 Å². The molecule has 0 radical (unpaired) electrons. The SMILES string of the molecule is Cc1cc(Cc2c(-c3ccc(OCCN4CCCC4)cc3)sc3ccccc23)ccc1OCCN1CCCC1.O=C(O)C(=O)O.O=C(O)C(=O)O. The Morgan fingerprint density at radius 1 is 0.686 bits per heavy atom. The molecule has 13 heteroatoms. The number of aliphatic carboxylic acids is 4. The lowest BCUT2D eigenvalue weighted by Crippen LogP contribution is -2.25. The van der Waals surface area contributed by atoms with Gasteiger partial charge in [0.25, 0.3) is 0 Å². The van der Waals surface area contributed by atoms with Crippen molar-refractivity contribution in [3.63, 3.8) is 0 Å². The Morgan fingerprint density at radius 3 is 1.75 bits per heavy atom. The Kier molecular flexibility index (Phi) is 14.8. The second-order valence-corrected chi connectivity index (χ2v) is 13.3. The Labute approximate surface area is 300 Å². The highest BCUT2D eigenvalue weighted by Gasteiger charge is 2.16. The zero-order valence-corrected chi connectivity index (χ0v) is 29.4. The molecule has 0 atom stereocenters. The fourth-order valence-corrected chi connectivity index (χ4v) is 7.21. The molecule has 12 nitrogen and oxygen atoms in total. The Morgan fingerprint density at radius 2 is 1.22 bits per heavy atom. The monoisotopic (exact) mass is 720 g/mol. The second-order valence-electron chi connectivity index (χ2n) is 12.2. The molecule has 2 aliphatic heterocycles. The van der Waals surface area contributed by atoms with Crippen molar-refractivity contribution in [2.24, 2.45) is 0 Å². The number of nitrogens with zero attached hydrogens (tertiary/aromatic N) is 2. The van der Waals surface area contributed by atoms with E-state index in [0.717, 1.165) is 44.2 Å². The molecule has 51 heavy (non-hydrogen) atoms. The van der Waals surface area contributed by atoms with Gasteiger partial charge < -0.3 is 29.9 Å². The smallest absolute Gasteiger partial charge is 0.414 e. The fraction of sp³-hybridized carbons (Fsp3) is 0.368. The molecule has 2 fully saturated rings. The minimum Gasteiger partial charge on any atom is -0.492 e. The van der Waals surface area contributed by atoms with Gasteiger partial charge in [0.05, 0.1) is 0 Å². The van der Waals surface area contributed by atoms with Gasteiger partial charge in [-0.3, -0.25) is 9.80 Å². The third kappa shape index (κ3) is 12.1. The van der Waals surface area contributed by atoms with Gasteiger partial charge in [0, 0.05) is 22.7 Å². The molecule has 272 valence electrons. The number of fused-ring (bicyclic) bond motifs is 1. The summed E-state index contributed by atoms with van der Waals surface area (Å²) in [6.07, 6.45) is 6.20. The van der Waals surface area contributed by atoms with Crippen LogP contribution in [0.3, 0.4) is 0 Å². The van der Waals surface area contributed by atoms with Crippen LogP contribution in [0.5, 0.6) is 11.5 Å². The van der Waals surface area contributed by atoms with E-state index < -0.39 is 23.9 Å². The number of carboxylic acid groups (broad SMARTS) is 4. The van der Waals surface area contributed by atoms with Crippen LogP contribution in [0.1, 0.15) is 42.4 Å². The second kappa shape index (κ2) is 19.4. The van der Waals surface area contributed by atoms with Crippen molar-refractivity contribution in [3.8, 4) is 21.9 Å². The first kappa shape index (κ1) is 38.8. The third-order valence-electron chi connectivity index (χ3n) is 8.54. The normalized spacial score (nSPS) is 14.2. The molecule has 2 aliphatic rings. The van der Waals surface area contributed by atoms with Gasteiger partial charge in [-0.2, -0.15) is 0 Å². The lowest BCUT2D eigenvalue weighted by atomic mass is 9.98. The van der Waals surface area contributed by atoms with Crippen molar-refractivity contribution in [2.45, 2.75) is 39.0 Å². The minimum absolute atomic E-state index is 0.755. The van der Waals surface area contributed by atoms with Crippen LogP contribution in [0.25, 0.3) is 20.5 Å². The molecular weight excluding hydrogens is 676 g/mol. The Hall–Kier alpha value is -4.98. The highest BCUT2D eigenvalue weighted by atomic mass is 32.1. The lowest BCUT2D eigenvalue weighted by molar-refractivity contribution is -0.159. The van der Waals surface area contributed by atoms with E-state index in [1.807, 2.05) is 11.3 Å². The van der Waals surface area contributed by atoms with Gasteiger partial charge in [-0.05, 0) is 129 Å². The predicted octanol–water partition coefficient (Wildman–Crippen LogP) is 5.73. The summed E-state index contributed by atoms with van der Waals surface area (Å²) in [7, 11) is 0. The highest BCUT2D eigenvalue weighted by molar-refractivity contribution is 7.22. The number of rotatable bonds is 11. The summed E-state index contributed by atoms with van der Waals surface area (Å²) in [6, 6.07) is 24.2. The van der Waals surface area contributed by atoms with E-state index in [1.54, 1.807) is 0 Å². The summed E-state index contributed by atoms with van der Waals surface area (Å²) in [6.45, 7) is 10.6. The van der Waals surface area contributed by atoms with Crippen LogP contribution in [0, 0.1) is 6.92 Å². The average Bonchev–Trinajstić information content (AvgIpc) is 3.90. The predicted molar refractivity (Wildman–Crippen MR) is 194 cm³/mol. The summed E-state index contributed by atoms with van der Waals surface area (Å²) in [5, 5.41) is 30.9. The van der Waals surface area contributed by atoms with Crippen molar-refractivity contribution in [3.05, 3.63) is 83.4 Å². The average molecular weight is 721 g/mol. The third-order valence-corrected chi connectivity index (χ3v) is 9.80. The van der Waals surface area contributed by atoms with Gasteiger partial charge in [0.1, 0.15) is 24.7 Å². The quantitative estimate of drug-likeness (QED) is 0.139. The minimum atomic E-state index is -1.82. The number of thiophene rings is 1. The first-order valence-corrected chi connectivity index (χ1v) is 17.7. The van der Waals surface area contributed by atoms with Gasteiger partial charge in [-0.25, -0.2) is 19.2 Å². The molecule has 0 saturated carbocycles. The standard InChI is InChI=1S/C34H40N2O2S.2C2H2O4/c1-26-24-27(10-15-32(26)38-23-21-36-18-6-7-19-36)25-31-30-8-2-3-9-33(30)39-34(31)28-11-13-29(14-12-28)37-22-20-35-16-4-5-17-35;2*3-1(4)2(5)6/h2-3,8-15,24H,4-7,16-23,25H2,1H3;2*(H,3,4)(H,5,6). The number of hydrogen-bond donors (Lipinski definition) is 4. The van der Waals surface area contributed by atoms with Gasteiger partial charge in [-0.15, -0.1) is 11.3 Å². The van der Waals surface area contributed by atoms with E-state index in [-0.39, 0.29) is 0 Å². The van der Waals surface area contributed by atoms with Crippen molar-refractivity contribution >= 4 is 45.3 Å². The summed E-state index contributed by atoms with van der Waals surface area (Å²) >= 11 is 1.89. The molecule has 3 heterocycles. The van der Waals surface area contributed by atoms with Crippen molar-refractivity contribution in [1.82, 2.24) is 9.80 Å². The van der Waals surface area contributed by atoms with E-state index in [4.69, 9.17) is 49.1 Å². The molecule has 0 spiro atoms. The van der Waals surface area contributed by atoms with Crippen LogP contribution in [-0.2, 0) is 25.6 Å². The van der Waals surface area contributed by atoms with Crippen molar-refractivity contribution in [2.75, 3.05) is 52.5 Å². The maximum absolute atomic E-state index is 9.10.